The Morgan fingerprint density at radius 3 is 2.65 bits per heavy atom. The van der Waals surface area contributed by atoms with Crippen LogP contribution in [0.15, 0.2) is 36.5 Å². The molecule has 2 aromatic rings. The third-order valence-corrected chi connectivity index (χ3v) is 2.49. The zero-order valence-electron chi connectivity index (χ0n) is 9.10. The lowest BCUT2D eigenvalue weighted by molar-refractivity contribution is 0.277. The summed E-state index contributed by atoms with van der Waals surface area (Å²) in [6.07, 6.45) is 1.61. The van der Waals surface area contributed by atoms with E-state index >= 15 is 0 Å². The number of aliphatic hydroxyl groups excluding tert-OH is 1. The number of halogens is 1. The minimum Gasteiger partial charge on any atom is -0.390 e. The van der Waals surface area contributed by atoms with Crippen LogP contribution < -0.4 is 5.32 Å². The van der Waals surface area contributed by atoms with Gasteiger partial charge in [-0.2, -0.15) is 0 Å². The molecule has 0 fully saturated rings. The molecule has 1 aromatic carbocycles. The van der Waals surface area contributed by atoms with Gasteiger partial charge in [-0.1, -0.05) is 23.7 Å². The number of anilines is 1. The Labute approximate surface area is 104 Å². The van der Waals surface area contributed by atoms with Crippen LogP contribution in [0.5, 0.6) is 0 Å². The number of nitrogens with zero attached hydrogens (tertiary/aromatic N) is 2. The van der Waals surface area contributed by atoms with Crippen molar-refractivity contribution >= 4 is 17.5 Å². The van der Waals surface area contributed by atoms with Gasteiger partial charge in [0.2, 0.25) is 5.95 Å². The van der Waals surface area contributed by atoms with Crippen LogP contribution in [0, 0.1) is 0 Å². The number of nitrogens with one attached hydrogen (secondary N) is 1. The summed E-state index contributed by atoms with van der Waals surface area (Å²) in [4.78, 5) is 8.19. The molecule has 1 aromatic heterocycles. The van der Waals surface area contributed by atoms with Crippen LogP contribution in [0.2, 0.25) is 5.02 Å². The van der Waals surface area contributed by atoms with Crippen molar-refractivity contribution in [2.75, 3.05) is 5.32 Å². The molecule has 0 unspecified atom stereocenters. The largest absolute Gasteiger partial charge is 0.390 e. The average Bonchev–Trinajstić information content (AvgIpc) is 2.38. The van der Waals surface area contributed by atoms with Crippen molar-refractivity contribution < 1.29 is 5.11 Å². The maximum Gasteiger partial charge on any atom is 0.223 e. The molecule has 0 saturated heterocycles. The lowest BCUT2D eigenvalue weighted by Gasteiger charge is -2.05. The van der Waals surface area contributed by atoms with Crippen LogP contribution in [-0.2, 0) is 13.2 Å². The van der Waals surface area contributed by atoms with Gasteiger partial charge in [0.1, 0.15) is 0 Å². The summed E-state index contributed by atoms with van der Waals surface area (Å²) >= 11 is 5.80. The molecule has 0 radical (unpaired) electrons. The number of benzene rings is 1. The number of aliphatic hydroxyl groups is 1. The Morgan fingerprint density at radius 1 is 1.18 bits per heavy atom. The molecule has 0 aliphatic heterocycles. The van der Waals surface area contributed by atoms with Crippen molar-refractivity contribution in [3.05, 3.63) is 52.8 Å². The molecule has 0 spiro atoms. The van der Waals surface area contributed by atoms with Gasteiger partial charge in [-0.05, 0) is 23.8 Å². The van der Waals surface area contributed by atoms with Gasteiger partial charge < -0.3 is 10.4 Å². The smallest absolute Gasteiger partial charge is 0.223 e. The van der Waals surface area contributed by atoms with E-state index < -0.39 is 0 Å². The first kappa shape index (κ1) is 11.8. The van der Waals surface area contributed by atoms with Gasteiger partial charge in [0.05, 0.1) is 12.3 Å². The predicted molar refractivity (Wildman–Crippen MR) is 66.7 cm³/mol. The Morgan fingerprint density at radius 2 is 1.94 bits per heavy atom. The highest BCUT2D eigenvalue weighted by atomic mass is 35.5. The fourth-order valence-electron chi connectivity index (χ4n) is 1.35. The van der Waals surface area contributed by atoms with Crippen LogP contribution in [0.25, 0.3) is 0 Å². The van der Waals surface area contributed by atoms with E-state index in [0.29, 0.717) is 23.2 Å². The highest BCUT2D eigenvalue weighted by molar-refractivity contribution is 6.30. The fraction of sp³-hybridized carbons (Fsp3) is 0.167. The number of rotatable bonds is 4. The topological polar surface area (TPSA) is 58.0 Å². The average molecular weight is 250 g/mol. The fourth-order valence-corrected chi connectivity index (χ4v) is 1.48. The number of aromatic nitrogens is 2. The van der Waals surface area contributed by atoms with Crippen LogP contribution in [0.4, 0.5) is 5.95 Å². The monoisotopic (exact) mass is 249 g/mol. The molecule has 2 N–H and O–H groups in total. The minimum atomic E-state index is -0.0852. The van der Waals surface area contributed by atoms with E-state index in [4.69, 9.17) is 16.7 Å². The molecule has 1 heterocycles. The minimum absolute atomic E-state index is 0.0852. The molecule has 0 bridgehead atoms. The molecule has 0 amide bonds. The Bertz CT molecular complexity index is 487. The van der Waals surface area contributed by atoms with Gasteiger partial charge in [-0.3, -0.25) is 0 Å². The van der Waals surface area contributed by atoms with Gasteiger partial charge in [0.15, 0.2) is 0 Å². The molecule has 88 valence electrons. The molecule has 17 heavy (non-hydrogen) atoms. The second-order valence-corrected chi connectivity index (χ2v) is 3.95. The van der Waals surface area contributed by atoms with E-state index in [1.807, 2.05) is 24.3 Å². The lowest BCUT2D eigenvalue weighted by atomic mass is 10.2. The van der Waals surface area contributed by atoms with Crippen molar-refractivity contribution in [2.24, 2.45) is 0 Å². The molecule has 0 saturated carbocycles. The van der Waals surface area contributed by atoms with E-state index in [9.17, 15) is 0 Å². The van der Waals surface area contributed by atoms with Gasteiger partial charge >= 0.3 is 0 Å². The second-order valence-electron chi connectivity index (χ2n) is 3.51. The van der Waals surface area contributed by atoms with Crippen LogP contribution >= 0.6 is 11.6 Å². The van der Waals surface area contributed by atoms with Gasteiger partial charge in [-0.15, -0.1) is 0 Å². The van der Waals surface area contributed by atoms with Crippen molar-refractivity contribution in [2.45, 2.75) is 13.2 Å². The maximum atomic E-state index is 8.95. The van der Waals surface area contributed by atoms with E-state index in [-0.39, 0.29) is 6.61 Å². The first-order valence-corrected chi connectivity index (χ1v) is 5.57. The van der Waals surface area contributed by atoms with Gasteiger partial charge in [-0.25, -0.2) is 9.97 Å². The quantitative estimate of drug-likeness (QED) is 0.873. The van der Waals surface area contributed by atoms with Crippen molar-refractivity contribution in [1.29, 1.82) is 0 Å². The molecule has 0 aliphatic carbocycles. The van der Waals surface area contributed by atoms with Crippen molar-refractivity contribution in [3.63, 3.8) is 0 Å². The highest BCUT2D eigenvalue weighted by Crippen LogP contribution is 2.10. The summed E-state index contributed by atoms with van der Waals surface area (Å²) in [6.45, 7) is 0.532. The first-order valence-electron chi connectivity index (χ1n) is 5.19. The van der Waals surface area contributed by atoms with E-state index in [1.165, 1.54) is 0 Å². The molecular formula is C12H12ClN3O. The first-order chi connectivity index (χ1) is 8.28. The molecular weight excluding hydrogens is 238 g/mol. The van der Waals surface area contributed by atoms with Crippen LogP contribution in [0.3, 0.4) is 0 Å². The van der Waals surface area contributed by atoms with E-state index in [2.05, 4.69) is 15.3 Å². The van der Waals surface area contributed by atoms with Crippen molar-refractivity contribution in [1.82, 2.24) is 9.97 Å². The maximum absolute atomic E-state index is 8.95. The van der Waals surface area contributed by atoms with Crippen molar-refractivity contribution in [3.8, 4) is 0 Å². The third kappa shape index (κ3) is 3.41. The third-order valence-electron chi connectivity index (χ3n) is 2.24. The summed E-state index contributed by atoms with van der Waals surface area (Å²) in [5, 5.41) is 12.7. The standard InChI is InChI=1S/C12H12ClN3O/c13-10-3-1-9(2-4-10)7-15-12-14-6-5-11(8-17)16-12/h1-6,17H,7-8H2,(H,14,15,16). The zero-order valence-corrected chi connectivity index (χ0v) is 9.85. The second kappa shape index (κ2) is 5.61. The zero-order chi connectivity index (χ0) is 12.1. The SMILES string of the molecule is OCc1ccnc(NCc2ccc(Cl)cc2)n1. The van der Waals surface area contributed by atoms with E-state index in [1.54, 1.807) is 12.3 Å². The summed E-state index contributed by atoms with van der Waals surface area (Å²) < 4.78 is 0. The summed E-state index contributed by atoms with van der Waals surface area (Å²) in [5.41, 5.74) is 1.69. The summed E-state index contributed by atoms with van der Waals surface area (Å²) in [6, 6.07) is 9.22. The highest BCUT2D eigenvalue weighted by Gasteiger charge is 1.98. The summed E-state index contributed by atoms with van der Waals surface area (Å²) in [7, 11) is 0. The van der Waals surface area contributed by atoms with Crippen LogP contribution in [0.1, 0.15) is 11.3 Å². The molecule has 4 nitrogen and oxygen atoms in total. The van der Waals surface area contributed by atoms with Gasteiger partial charge in [0.25, 0.3) is 0 Å². The summed E-state index contributed by atoms with van der Waals surface area (Å²) in [5.74, 6) is 0.506. The molecule has 0 atom stereocenters. The molecule has 5 heteroatoms. The predicted octanol–water partition coefficient (Wildman–Crippen LogP) is 2.23. The van der Waals surface area contributed by atoms with Crippen LogP contribution in [-0.4, -0.2) is 15.1 Å². The normalized spacial score (nSPS) is 10.2. The molecule has 2 rings (SSSR count). The lowest BCUT2D eigenvalue weighted by Crippen LogP contribution is -2.04. The Balaban J connectivity index is 1.99. The molecule has 0 aliphatic rings. The van der Waals surface area contributed by atoms with Gasteiger partial charge in [0, 0.05) is 17.8 Å². The Hall–Kier alpha value is -1.65. The van der Waals surface area contributed by atoms with E-state index in [0.717, 1.165) is 5.56 Å². The number of hydrogen-bond acceptors (Lipinski definition) is 4. The number of hydrogen-bond donors (Lipinski definition) is 2. The Kier molecular flexibility index (Phi) is 3.90.